The highest BCUT2D eigenvalue weighted by Crippen LogP contribution is 2.41. The molecule has 0 radical (unpaired) electrons. The monoisotopic (exact) mass is 413 g/mol. The van der Waals surface area contributed by atoms with E-state index < -0.39 is 10.0 Å². The molecule has 0 fully saturated rings. The van der Waals surface area contributed by atoms with E-state index in [0.29, 0.717) is 4.90 Å². The van der Waals surface area contributed by atoms with Gasteiger partial charge in [-0.2, -0.15) is 0 Å². The number of aryl methyl sites for hydroxylation is 1. The van der Waals surface area contributed by atoms with E-state index in [0.717, 1.165) is 46.1 Å². The Hall–Kier alpha value is -3.11. The second-order valence-electron chi connectivity index (χ2n) is 7.84. The summed E-state index contributed by atoms with van der Waals surface area (Å²) in [4.78, 5) is 0.320. The van der Waals surface area contributed by atoms with Crippen molar-refractivity contribution in [3.8, 4) is 0 Å². The number of nitrogens with zero attached hydrogens (tertiary/aromatic N) is 1. The van der Waals surface area contributed by atoms with Crippen LogP contribution in [0.2, 0.25) is 0 Å². The molecule has 0 saturated carbocycles. The fraction of sp³-hybridized carbons (Fsp3) is 0.154. The quantitative estimate of drug-likeness (QED) is 0.397. The summed E-state index contributed by atoms with van der Waals surface area (Å²) in [5.41, 5.74) is 4.90. The number of allylic oxidation sites excluding steroid dienone is 2. The van der Waals surface area contributed by atoms with E-state index in [-0.39, 0.29) is 5.92 Å². The number of aromatic nitrogens is 1. The zero-order chi connectivity index (χ0) is 20.7. The molecule has 1 aliphatic rings. The van der Waals surface area contributed by atoms with E-state index in [1.165, 1.54) is 0 Å². The smallest absolute Gasteiger partial charge is 0.237 e. The van der Waals surface area contributed by atoms with Gasteiger partial charge < -0.3 is 0 Å². The first-order valence-corrected chi connectivity index (χ1v) is 11.7. The van der Waals surface area contributed by atoms with Crippen molar-refractivity contribution in [2.75, 3.05) is 0 Å². The fourth-order valence-corrected chi connectivity index (χ4v) is 6.07. The summed E-state index contributed by atoms with van der Waals surface area (Å²) in [7, 11) is -3.75. The van der Waals surface area contributed by atoms with Crippen LogP contribution in [0.4, 0.5) is 0 Å². The van der Waals surface area contributed by atoms with Crippen molar-refractivity contribution in [1.82, 2.24) is 3.97 Å². The zero-order valence-electron chi connectivity index (χ0n) is 16.8. The molecule has 0 amide bonds. The molecule has 4 heteroatoms. The molecular formula is C26H23NO2S. The molecule has 0 saturated heterocycles. The lowest BCUT2D eigenvalue weighted by Crippen LogP contribution is -2.19. The van der Waals surface area contributed by atoms with E-state index >= 15 is 0 Å². The van der Waals surface area contributed by atoms with Crippen LogP contribution in [-0.4, -0.2) is 12.4 Å². The van der Waals surface area contributed by atoms with Gasteiger partial charge in [-0.3, -0.25) is 0 Å². The van der Waals surface area contributed by atoms with Crippen LogP contribution in [-0.2, 0) is 16.4 Å². The summed E-state index contributed by atoms with van der Waals surface area (Å²) in [6.07, 6.45) is 5.85. The van der Waals surface area contributed by atoms with E-state index in [1.54, 1.807) is 16.1 Å². The van der Waals surface area contributed by atoms with Crippen LogP contribution in [0.15, 0.2) is 95.9 Å². The van der Waals surface area contributed by atoms with Crippen molar-refractivity contribution >= 4 is 20.9 Å². The molecule has 0 aliphatic heterocycles. The van der Waals surface area contributed by atoms with Gasteiger partial charge in [0.1, 0.15) is 0 Å². The predicted octanol–water partition coefficient (Wildman–Crippen LogP) is 5.82. The Kier molecular flexibility index (Phi) is 4.59. The van der Waals surface area contributed by atoms with E-state index in [2.05, 4.69) is 24.3 Å². The molecule has 5 rings (SSSR count). The summed E-state index contributed by atoms with van der Waals surface area (Å²) in [5, 5.41) is 1.01. The molecular weight excluding hydrogens is 390 g/mol. The van der Waals surface area contributed by atoms with Gasteiger partial charge in [-0.1, -0.05) is 78.4 Å². The number of hydrogen-bond acceptors (Lipinski definition) is 2. The molecule has 3 aromatic carbocycles. The summed E-state index contributed by atoms with van der Waals surface area (Å²) in [6.45, 7) is 1.96. The van der Waals surface area contributed by atoms with E-state index in [1.807, 2.05) is 61.5 Å². The Balaban J connectivity index is 1.85. The van der Waals surface area contributed by atoms with Crippen molar-refractivity contribution in [2.45, 2.75) is 30.6 Å². The topological polar surface area (TPSA) is 39.1 Å². The van der Waals surface area contributed by atoms with E-state index in [9.17, 15) is 8.42 Å². The molecule has 0 N–H and O–H groups in total. The number of rotatable bonds is 3. The van der Waals surface area contributed by atoms with Crippen LogP contribution in [0.25, 0.3) is 10.9 Å². The van der Waals surface area contributed by atoms with Crippen LogP contribution in [0.3, 0.4) is 0 Å². The third-order valence-electron chi connectivity index (χ3n) is 5.93. The molecule has 1 heterocycles. The van der Waals surface area contributed by atoms with Gasteiger partial charge in [0.2, 0.25) is 0 Å². The second-order valence-corrected chi connectivity index (χ2v) is 9.62. The molecule has 0 bridgehead atoms. The Morgan fingerprint density at radius 1 is 0.833 bits per heavy atom. The largest absolute Gasteiger partial charge is 0.268 e. The molecule has 3 nitrogen and oxygen atoms in total. The van der Waals surface area contributed by atoms with Crippen LogP contribution >= 0.6 is 0 Å². The normalized spacial score (nSPS) is 16.4. The van der Waals surface area contributed by atoms with Crippen molar-refractivity contribution in [1.29, 1.82) is 0 Å². The first-order valence-electron chi connectivity index (χ1n) is 10.2. The maximum absolute atomic E-state index is 13.9. The molecule has 0 spiro atoms. The van der Waals surface area contributed by atoms with Crippen LogP contribution in [0.5, 0.6) is 0 Å². The Bertz CT molecular complexity index is 1350. The average Bonchev–Trinajstić information content (AvgIpc) is 2.94. The maximum Gasteiger partial charge on any atom is 0.268 e. The molecule has 4 aromatic rings. The number of para-hydroxylation sites is 1. The zero-order valence-corrected chi connectivity index (χ0v) is 17.6. The maximum atomic E-state index is 13.9. The predicted molar refractivity (Wildman–Crippen MR) is 121 cm³/mol. The van der Waals surface area contributed by atoms with Crippen molar-refractivity contribution in [2.24, 2.45) is 0 Å². The van der Waals surface area contributed by atoms with Crippen molar-refractivity contribution in [3.05, 3.63) is 113 Å². The van der Waals surface area contributed by atoms with Gasteiger partial charge >= 0.3 is 0 Å². The first kappa shape index (κ1) is 18.9. The Labute approximate surface area is 177 Å². The highest BCUT2D eigenvalue weighted by atomic mass is 32.2. The molecule has 1 aliphatic carbocycles. The summed E-state index contributed by atoms with van der Waals surface area (Å²) in [5.74, 6) is -0.0208. The lowest BCUT2D eigenvalue weighted by molar-refractivity contribution is 0.584. The van der Waals surface area contributed by atoms with Gasteiger partial charge in [0, 0.05) is 17.0 Å². The summed E-state index contributed by atoms with van der Waals surface area (Å²) < 4.78 is 29.5. The Morgan fingerprint density at radius 2 is 1.53 bits per heavy atom. The summed E-state index contributed by atoms with van der Waals surface area (Å²) >= 11 is 0. The van der Waals surface area contributed by atoms with Gasteiger partial charge in [-0.05, 0) is 49.1 Å². The second kappa shape index (κ2) is 7.29. The van der Waals surface area contributed by atoms with Gasteiger partial charge in [-0.15, -0.1) is 0 Å². The van der Waals surface area contributed by atoms with Gasteiger partial charge in [0.15, 0.2) is 0 Å². The number of hydrogen-bond donors (Lipinski definition) is 0. The fourth-order valence-electron chi connectivity index (χ4n) is 4.46. The number of fused-ring (bicyclic) bond motifs is 3. The third kappa shape index (κ3) is 2.99. The van der Waals surface area contributed by atoms with E-state index in [4.69, 9.17) is 0 Å². The van der Waals surface area contributed by atoms with Crippen LogP contribution in [0.1, 0.15) is 34.7 Å². The molecule has 30 heavy (non-hydrogen) atoms. The minimum absolute atomic E-state index is 0.0208. The highest BCUT2D eigenvalue weighted by Gasteiger charge is 2.31. The molecule has 150 valence electrons. The lowest BCUT2D eigenvalue weighted by Gasteiger charge is -2.20. The lowest BCUT2D eigenvalue weighted by atomic mass is 9.91. The average molecular weight is 414 g/mol. The summed E-state index contributed by atoms with van der Waals surface area (Å²) in [6, 6.07) is 25.2. The van der Waals surface area contributed by atoms with Gasteiger partial charge in [0.05, 0.1) is 10.4 Å². The minimum Gasteiger partial charge on any atom is -0.237 e. The van der Waals surface area contributed by atoms with Crippen molar-refractivity contribution < 1.29 is 8.42 Å². The Morgan fingerprint density at radius 3 is 2.30 bits per heavy atom. The highest BCUT2D eigenvalue weighted by molar-refractivity contribution is 7.90. The van der Waals surface area contributed by atoms with Gasteiger partial charge in [0.25, 0.3) is 10.0 Å². The standard InChI is InChI=1S/C26H23NO2S/c1-19-15-17-21(18-16-19)30(28,29)27-25-14-8-7-12-23(25)24-13-6-5-11-22(26(24)27)20-9-3-2-4-10-20/h2-10,12,14-18,22H,11,13H2,1H3. The first-order chi connectivity index (χ1) is 14.6. The van der Waals surface area contributed by atoms with Crippen LogP contribution < -0.4 is 0 Å². The molecule has 1 aromatic heterocycles. The van der Waals surface area contributed by atoms with Crippen LogP contribution in [0, 0.1) is 6.92 Å². The minimum atomic E-state index is -3.75. The van der Waals surface area contributed by atoms with Crippen molar-refractivity contribution in [3.63, 3.8) is 0 Å². The molecule has 1 atom stereocenters. The molecule has 1 unspecified atom stereocenters. The SMILES string of the molecule is Cc1ccc(S(=O)(=O)n2c3c(c4ccccc42)CC=CCC3c2ccccc2)cc1. The number of benzene rings is 3. The third-order valence-corrected chi connectivity index (χ3v) is 7.67. The van der Waals surface area contributed by atoms with Gasteiger partial charge in [-0.25, -0.2) is 12.4 Å².